The predicted molar refractivity (Wildman–Crippen MR) is 83.4 cm³/mol. The van der Waals surface area contributed by atoms with Crippen molar-refractivity contribution in [3.05, 3.63) is 70.8 Å². The van der Waals surface area contributed by atoms with E-state index < -0.39 is 10.8 Å². The lowest BCUT2D eigenvalue weighted by molar-refractivity contribution is 0.102. The van der Waals surface area contributed by atoms with Gasteiger partial charge in [-0.3, -0.25) is 9.00 Å². The van der Waals surface area contributed by atoms with Gasteiger partial charge >= 0.3 is 0 Å². The van der Waals surface area contributed by atoms with Crippen LogP contribution < -0.4 is 0 Å². The summed E-state index contributed by atoms with van der Waals surface area (Å²) in [6.45, 7) is 1.97. The predicted octanol–water partition coefficient (Wildman–Crippen LogP) is 3.00. The topological polar surface area (TPSA) is 57.9 Å². The molecule has 0 aliphatic rings. The van der Waals surface area contributed by atoms with Crippen molar-refractivity contribution in [1.82, 2.24) is 0 Å². The molecule has 21 heavy (non-hydrogen) atoms. The number of ketones is 1. The van der Waals surface area contributed by atoms with Gasteiger partial charge in [0.25, 0.3) is 0 Å². The molecule has 0 saturated heterocycles. The largest absolute Gasteiger partial charge is 0.293 e. The highest BCUT2D eigenvalue weighted by Crippen LogP contribution is 2.11. The van der Waals surface area contributed by atoms with Gasteiger partial charge < -0.3 is 0 Å². The van der Waals surface area contributed by atoms with Crippen LogP contribution in [-0.2, 0) is 16.6 Å². The molecule has 0 heterocycles. The molecule has 2 rings (SSSR count). The quantitative estimate of drug-likeness (QED) is 0.797. The molecule has 0 fully saturated rings. The van der Waals surface area contributed by atoms with E-state index in [1.54, 1.807) is 24.3 Å². The van der Waals surface area contributed by atoms with Gasteiger partial charge in [-0.1, -0.05) is 36.4 Å². The molecule has 0 aliphatic heterocycles. The van der Waals surface area contributed by atoms with E-state index in [1.165, 1.54) is 0 Å². The summed E-state index contributed by atoms with van der Waals surface area (Å²) in [4.78, 5) is 12.1. The van der Waals surface area contributed by atoms with Gasteiger partial charge in [0, 0.05) is 22.1 Å². The number of Topliss-reactive ketones (excluding diaryl/α,β-unsaturated/α-hetero) is 1. The maximum atomic E-state index is 12.1. The SMILES string of the molecule is Cc1ccccc1CS(=O)CC(=O)c1ccc(C#N)cc1. The number of hydrogen-bond acceptors (Lipinski definition) is 3. The minimum atomic E-state index is -1.23. The van der Waals surface area contributed by atoms with Crippen molar-refractivity contribution in [1.29, 1.82) is 5.26 Å². The maximum Gasteiger partial charge on any atom is 0.175 e. The molecule has 0 radical (unpaired) electrons. The molecule has 0 bridgehead atoms. The Kier molecular flexibility index (Phi) is 5.02. The molecular weight excluding hydrogens is 282 g/mol. The van der Waals surface area contributed by atoms with Gasteiger partial charge in [-0.15, -0.1) is 0 Å². The Bertz CT molecular complexity index is 714. The van der Waals surface area contributed by atoms with E-state index in [0.29, 0.717) is 16.9 Å². The standard InChI is InChI=1S/C17H15NO2S/c1-13-4-2-3-5-16(13)11-21(20)12-17(19)15-8-6-14(10-18)7-9-15/h2-9H,11-12H2,1H3. The van der Waals surface area contributed by atoms with E-state index in [9.17, 15) is 9.00 Å². The number of nitriles is 1. The first-order valence-corrected chi connectivity index (χ1v) is 8.02. The van der Waals surface area contributed by atoms with Crippen LogP contribution in [-0.4, -0.2) is 15.7 Å². The monoisotopic (exact) mass is 297 g/mol. The summed E-state index contributed by atoms with van der Waals surface area (Å²) >= 11 is 0. The summed E-state index contributed by atoms with van der Waals surface area (Å²) in [5.41, 5.74) is 3.08. The van der Waals surface area contributed by atoms with Crippen LogP contribution in [0.25, 0.3) is 0 Å². The Morgan fingerprint density at radius 2 is 1.81 bits per heavy atom. The Labute approximate surface area is 126 Å². The minimum absolute atomic E-state index is 0.000233. The first kappa shape index (κ1) is 15.1. The zero-order chi connectivity index (χ0) is 15.2. The van der Waals surface area contributed by atoms with E-state index in [4.69, 9.17) is 5.26 Å². The Balaban J connectivity index is 2.00. The lowest BCUT2D eigenvalue weighted by atomic mass is 10.1. The highest BCUT2D eigenvalue weighted by Gasteiger charge is 2.12. The number of benzene rings is 2. The van der Waals surface area contributed by atoms with Crippen LogP contribution in [0.5, 0.6) is 0 Å². The fourth-order valence-corrected chi connectivity index (χ4v) is 3.19. The average Bonchev–Trinajstić information content (AvgIpc) is 2.49. The van der Waals surface area contributed by atoms with Crippen molar-refractivity contribution in [2.75, 3.05) is 5.75 Å². The number of carbonyl (C=O) groups excluding carboxylic acids is 1. The third-order valence-corrected chi connectivity index (χ3v) is 4.42. The molecule has 106 valence electrons. The maximum absolute atomic E-state index is 12.1. The van der Waals surface area contributed by atoms with Crippen molar-refractivity contribution < 1.29 is 9.00 Å². The van der Waals surface area contributed by atoms with Gasteiger partial charge in [-0.25, -0.2) is 0 Å². The van der Waals surface area contributed by atoms with Gasteiger partial charge in [-0.2, -0.15) is 5.26 Å². The van der Waals surface area contributed by atoms with E-state index in [0.717, 1.165) is 11.1 Å². The van der Waals surface area contributed by atoms with E-state index in [-0.39, 0.29) is 11.5 Å². The molecule has 3 nitrogen and oxygen atoms in total. The highest BCUT2D eigenvalue weighted by atomic mass is 32.2. The minimum Gasteiger partial charge on any atom is -0.293 e. The lowest BCUT2D eigenvalue weighted by Crippen LogP contribution is -2.12. The summed E-state index contributed by atoms with van der Waals surface area (Å²) in [5, 5.41) is 8.72. The molecule has 0 aromatic heterocycles. The average molecular weight is 297 g/mol. The molecule has 0 saturated carbocycles. The fraction of sp³-hybridized carbons (Fsp3) is 0.176. The summed E-state index contributed by atoms with van der Waals surface area (Å²) < 4.78 is 12.1. The number of rotatable bonds is 5. The highest BCUT2D eigenvalue weighted by molar-refractivity contribution is 7.85. The van der Waals surface area contributed by atoms with Crippen molar-refractivity contribution in [3.63, 3.8) is 0 Å². The van der Waals surface area contributed by atoms with Crippen LogP contribution in [0, 0.1) is 18.3 Å². The van der Waals surface area contributed by atoms with Gasteiger partial charge in [0.1, 0.15) is 0 Å². The molecule has 4 heteroatoms. The lowest BCUT2D eigenvalue weighted by Gasteiger charge is -2.05. The zero-order valence-corrected chi connectivity index (χ0v) is 12.5. The number of nitrogens with zero attached hydrogens (tertiary/aromatic N) is 1. The van der Waals surface area contributed by atoms with Crippen molar-refractivity contribution in [3.8, 4) is 6.07 Å². The Morgan fingerprint density at radius 1 is 1.14 bits per heavy atom. The third-order valence-electron chi connectivity index (χ3n) is 3.21. The van der Waals surface area contributed by atoms with E-state index >= 15 is 0 Å². The van der Waals surface area contributed by atoms with Crippen LogP contribution in [0.2, 0.25) is 0 Å². The summed E-state index contributed by atoms with van der Waals surface area (Å²) in [6, 6.07) is 16.1. The molecule has 0 N–H and O–H groups in total. The van der Waals surface area contributed by atoms with Crippen LogP contribution in [0.3, 0.4) is 0 Å². The molecule has 0 aliphatic carbocycles. The van der Waals surface area contributed by atoms with Gasteiger partial charge in [-0.05, 0) is 30.2 Å². The molecule has 0 spiro atoms. The van der Waals surface area contributed by atoms with Gasteiger partial charge in [0.2, 0.25) is 0 Å². The second-order valence-electron chi connectivity index (χ2n) is 4.77. The Hall–Kier alpha value is -2.25. The molecule has 1 unspecified atom stereocenters. The molecule has 1 atom stereocenters. The smallest absolute Gasteiger partial charge is 0.175 e. The zero-order valence-electron chi connectivity index (χ0n) is 11.7. The molecule has 2 aromatic carbocycles. The first-order chi connectivity index (χ1) is 10.1. The van der Waals surface area contributed by atoms with Gasteiger partial charge in [0.05, 0.1) is 17.4 Å². The Morgan fingerprint density at radius 3 is 2.43 bits per heavy atom. The third kappa shape index (κ3) is 4.11. The number of hydrogen-bond donors (Lipinski definition) is 0. The normalized spacial score (nSPS) is 11.6. The van der Waals surface area contributed by atoms with Crippen LogP contribution in [0.4, 0.5) is 0 Å². The summed E-state index contributed by atoms with van der Waals surface area (Å²) in [5.74, 6) is 0.223. The van der Waals surface area contributed by atoms with Crippen LogP contribution >= 0.6 is 0 Å². The summed E-state index contributed by atoms with van der Waals surface area (Å²) in [7, 11) is -1.23. The first-order valence-electron chi connectivity index (χ1n) is 6.53. The summed E-state index contributed by atoms with van der Waals surface area (Å²) in [6.07, 6.45) is 0. The molecule has 2 aromatic rings. The van der Waals surface area contributed by atoms with Crippen molar-refractivity contribution in [2.45, 2.75) is 12.7 Å². The number of aryl methyl sites for hydroxylation is 1. The van der Waals surface area contributed by atoms with Crippen molar-refractivity contribution >= 4 is 16.6 Å². The van der Waals surface area contributed by atoms with Crippen LogP contribution in [0.1, 0.15) is 27.0 Å². The second-order valence-corrected chi connectivity index (χ2v) is 6.22. The van der Waals surface area contributed by atoms with Gasteiger partial charge in [0.15, 0.2) is 5.78 Å². The second kappa shape index (κ2) is 6.96. The fourth-order valence-electron chi connectivity index (χ4n) is 1.96. The molecular formula is C17H15NO2S. The van der Waals surface area contributed by atoms with E-state index in [1.807, 2.05) is 37.3 Å². The van der Waals surface area contributed by atoms with Crippen LogP contribution in [0.15, 0.2) is 48.5 Å². The molecule has 0 amide bonds. The van der Waals surface area contributed by atoms with Crippen molar-refractivity contribution in [2.24, 2.45) is 0 Å². The number of carbonyl (C=O) groups is 1. The van der Waals surface area contributed by atoms with E-state index in [2.05, 4.69) is 0 Å².